The molecule has 0 bridgehead atoms. The van der Waals surface area contributed by atoms with Crippen LogP contribution in [0.3, 0.4) is 0 Å². The highest BCUT2D eigenvalue weighted by atomic mass is 35.5. The highest BCUT2D eigenvalue weighted by Crippen LogP contribution is 2.29. The average Bonchev–Trinajstić information content (AvgIpc) is 2.56. The number of carbonyl (C=O) groups excluding carboxylic acids is 1. The maximum Gasteiger partial charge on any atom is 0.356 e. The van der Waals surface area contributed by atoms with E-state index in [0.29, 0.717) is 16.7 Å². The summed E-state index contributed by atoms with van der Waals surface area (Å²) in [6.07, 6.45) is 0. The molecule has 0 fully saturated rings. The highest BCUT2D eigenvalue weighted by Gasteiger charge is 2.17. The van der Waals surface area contributed by atoms with Gasteiger partial charge in [0.15, 0.2) is 0 Å². The smallest absolute Gasteiger partial charge is 0.356 e. The lowest BCUT2D eigenvalue weighted by molar-refractivity contribution is 0.0521. The number of ether oxygens (including phenoxy) is 1. The van der Waals surface area contributed by atoms with Crippen LogP contribution in [-0.2, 0) is 4.74 Å². The number of hydrogen-bond acceptors (Lipinski definition) is 2. The van der Waals surface area contributed by atoms with Crippen LogP contribution in [0, 0.1) is 0 Å². The molecule has 1 heterocycles. The van der Waals surface area contributed by atoms with Gasteiger partial charge in [-0.3, -0.25) is 0 Å². The molecule has 3 nitrogen and oxygen atoms in total. The zero-order valence-electron chi connectivity index (χ0n) is 8.51. The minimum atomic E-state index is -0.458. The van der Waals surface area contributed by atoms with E-state index >= 15 is 0 Å². The molecular formula is C11H9Cl2NO2. The van der Waals surface area contributed by atoms with Crippen LogP contribution in [0.1, 0.15) is 17.4 Å². The van der Waals surface area contributed by atoms with Gasteiger partial charge in [-0.05, 0) is 25.1 Å². The Morgan fingerprint density at radius 3 is 2.88 bits per heavy atom. The van der Waals surface area contributed by atoms with Crippen LogP contribution in [0.5, 0.6) is 0 Å². The van der Waals surface area contributed by atoms with Crippen LogP contribution >= 0.6 is 23.2 Å². The molecule has 0 aliphatic rings. The van der Waals surface area contributed by atoms with Crippen molar-refractivity contribution in [2.75, 3.05) is 6.61 Å². The fourth-order valence-electron chi connectivity index (χ4n) is 1.48. The van der Waals surface area contributed by atoms with Gasteiger partial charge < -0.3 is 9.72 Å². The normalized spacial score (nSPS) is 10.7. The molecule has 0 amide bonds. The van der Waals surface area contributed by atoms with E-state index in [0.717, 1.165) is 10.9 Å². The third-order valence-corrected chi connectivity index (χ3v) is 2.80. The maximum absolute atomic E-state index is 11.5. The molecule has 0 atom stereocenters. The van der Waals surface area contributed by atoms with E-state index in [1.807, 2.05) is 0 Å². The highest BCUT2D eigenvalue weighted by molar-refractivity contribution is 6.39. The predicted octanol–water partition coefficient (Wildman–Crippen LogP) is 3.65. The van der Waals surface area contributed by atoms with Crippen molar-refractivity contribution in [2.45, 2.75) is 6.92 Å². The van der Waals surface area contributed by atoms with E-state index in [1.165, 1.54) is 0 Å². The summed E-state index contributed by atoms with van der Waals surface area (Å²) in [6.45, 7) is 2.05. The Bertz CT molecular complexity index is 548. The number of aromatic amines is 1. The van der Waals surface area contributed by atoms with Crippen molar-refractivity contribution in [3.05, 3.63) is 33.9 Å². The fourth-order valence-corrected chi connectivity index (χ4v) is 1.94. The number of nitrogens with one attached hydrogen (secondary N) is 1. The first-order chi connectivity index (χ1) is 7.63. The van der Waals surface area contributed by atoms with Gasteiger partial charge in [0, 0.05) is 15.9 Å². The molecular weight excluding hydrogens is 249 g/mol. The van der Waals surface area contributed by atoms with Gasteiger partial charge in [0.25, 0.3) is 0 Å². The first-order valence-electron chi connectivity index (χ1n) is 4.77. The average molecular weight is 258 g/mol. The van der Waals surface area contributed by atoms with E-state index in [2.05, 4.69) is 4.98 Å². The number of esters is 1. The Morgan fingerprint density at radius 2 is 2.19 bits per heavy atom. The molecule has 1 aromatic carbocycles. The van der Waals surface area contributed by atoms with Gasteiger partial charge in [0.05, 0.1) is 11.6 Å². The van der Waals surface area contributed by atoms with Gasteiger partial charge in [-0.25, -0.2) is 4.79 Å². The number of hydrogen-bond donors (Lipinski definition) is 1. The monoisotopic (exact) mass is 257 g/mol. The predicted molar refractivity (Wildman–Crippen MR) is 64.3 cm³/mol. The summed E-state index contributed by atoms with van der Waals surface area (Å²) in [5.74, 6) is -0.458. The second kappa shape index (κ2) is 4.36. The quantitative estimate of drug-likeness (QED) is 0.835. The van der Waals surface area contributed by atoms with Gasteiger partial charge in [0.1, 0.15) is 5.69 Å². The minimum Gasteiger partial charge on any atom is -0.461 e. The lowest BCUT2D eigenvalue weighted by Gasteiger charge is -1.98. The Labute approximate surface area is 102 Å². The van der Waals surface area contributed by atoms with Crippen molar-refractivity contribution in [2.24, 2.45) is 0 Å². The summed E-state index contributed by atoms with van der Waals surface area (Å²) in [7, 11) is 0. The SMILES string of the molecule is CCOC(=O)c1[nH]c2cc(Cl)ccc2c1Cl. The first-order valence-corrected chi connectivity index (χ1v) is 5.53. The number of fused-ring (bicyclic) bond motifs is 1. The molecule has 0 aliphatic heterocycles. The maximum atomic E-state index is 11.5. The molecule has 0 radical (unpaired) electrons. The summed E-state index contributed by atoms with van der Waals surface area (Å²) in [4.78, 5) is 14.4. The zero-order valence-corrected chi connectivity index (χ0v) is 10.0. The zero-order chi connectivity index (χ0) is 11.7. The van der Waals surface area contributed by atoms with E-state index in [4.69, 9.17) is 27.9 Å². The number of halogens is 2. The molecule has 5 heteroatoms. The Hall–Kier alpha value is -1.19. The molecule has 0 saturated heterocycles. The Morgan fingerprint density at radius 1 is 1.44 bits per heavy atom. The number of aromatic nitrogens is 1. The van der Waals surface area contributed by atoms with Crippen molar-refractivity contribution in [1.82, 2.24) is 4.98 Å². The second-order valence-electron chi connectivity index (χ2n) is 3.22. The van der Waals surface area contributed by atoms with Crippen LogP contribution in [0.25, 0.3) is 10.9 Å². The fraction of sp³-hybridized carbons (Fsp3) is 0.182. The van der Waals surface area contributed by atoms with Crippen LogP contribution in [0.2, 0.25) is 10.0 Å². The van der Waals surface area contributed by atoms with Crippen molar-refractivity contribution in [3.63, 3.8) is 0 Å². The van der Waals surface area contributed by atoms with Crippen LogP contribution in [-0.4, -0.2) is 17.6 Å². The summed E-state index contributed by atoms with van der Waals surface area (Å²) < 4.78 is 4.88. The van der Waals surface area contributed by atoms with Crippen molar-refractivity contribution in [3.8, 4) is 0 Å². The molecule has 84 valence electrons. The summed E-state index contributed by atoms with van der Waals surface area (Å²) in [6, 6.07) is 5.20. The molecule has 1 aromatic heterocycles. The van der Waals surface area contributed by atoms with Crippen molar-refractivity contribution >= 4 is 40.1 Å². The van der Waals surface area contributed by atoms with Crippen LogP contribution in [0.4, 0.5) is 0 Å². The third kappa shape index (κ3) is 1.88. The van der Waals surface area contributed by atoms with Gasteiger partial charge in [-0.2, -0.15) is 0 Å². The summed E-state index contributed by atoms with van der Waals surface area (Å²) >= 11 is 11.9. The summed E-state index contributed by atoms with van der Waals surface area (Å²) in [5, 5.41) is 1.71. The molecule has 16 heavy (non-hydrogen) atoms. The van der Waals surface area contributed by atoms with E-state index in [9.17, 15) is 4.79 Å². The lowest BCUT2D eigenvalue weighted by Crippen LogP contribution is -2.05. The van der Waals surface area contributed by atoms with Gasteiger partial charge in [0.2, 0.25) is 0 Å². The second-order valence-corrected chi connectivity index (χ2v) is 4.04. The number of benzene rings is 1. The van der Waals surface area contributed by atoms with Crippen LogP contribution < -0.4 is 0 Å². The Balaban J connectivity index is 2.55. The third-order valence-electron chi connectivity index (χ3n) is 2.18. The molecule has 2 rings (SSSR count). The molecule has 0 spiro atoms. The van der Waals surface area contributed by atoms with Gasteiger partial charge in [-0.1, -0.05) is 23.2 Å². The molecule has 0 saturated carbocycles. The van der Waals surface area contributed by atoms with Gasteiger partial charge in [-0.15, -0.1) is 0 Å². The van der Waals surface area contributed by atoms with E-state index in [-0.39, 0.29) is 5.69 Å². The Kier molecular flexibility index (Phi) is 3.08. The van der Waals surface area contributed by atoms with Crippen LogP contribution in [0.15, 0.2) is 18.2 Å². The number of H-pyrrole nitrogens is 1. The number of rotatable bonds is 2. The molecule has 0 unspecified atom stereocenters. The largest absolute Gasteiger partial charge is 0.461 e. The van der Waals surface area contributed by atoms with Crippen molar-refractivity contribution < 1.29 is 9.53 Å². The lowest BCUT2D eigenvalue weighted by atomic mass is 10.2. The first kappa shape index (κ1) is 11.3. The topological polar surface area (TPSA) is 42.1 Å². The summed E-state index contributed by atoms with van der Waals surface area (Å²) in [5.41, 5.74) is 0.987. The van der Waals surface area contributed by atoms with E-state index in [1.54, 1.807) is 25.1 Å². The number of carbonyl (C=O) groups is 1. The molecule has 0 aliphatic carbocycles. The van der Waals surface area contributed by atoms with Crippen molar-refractivity contribution in [1.29, 1.82) is 0 Å². The van der Waals surface area contributed by atoms with E-state index < -0.39 is 5.97 Å². The standard InChI is InChI=1S/C11H9Cl2NO2/c1-2-16-11(15)10-9(13)7-4-3-6(12)5-8(7)14-10/h3-5,14H,2H2,1H3. The van der Waals surface area contributed by atoms with Gasteiger partial charge >= 0.3 is 5.97 Å². The minimum absolute atomic E-state index is 0.265. The molecule has 2 aromatic rings. The molecule has 1 N–H and O–H groups in total.